The zero-order valence-electron chi connectivity index (χ0n) is 12.5. The average Bonchev–Trinajstić information content (AvgIpc) is 2.98. The Hall–Kier alpha value is -1.11. The molecule has 0 aliphatic heterocycles. The summed E-state index contributed by atoms with van der Waals surface area (Å²) in [5.41, 5.74) is 0.918. The van der Waals surface area contributed by atoms with Crippen LogP contribution < -0.4 is 10.0 Å². The van der Waals surface area contributed by atoms with Crippen LogP contribution in [0, 0.1) is 0 Å². The van der Waals surface area contributed by atoms with Crippen molar-refractivity contribution in [1.82, 2.24) is 4.72 Å². The molecule has 21 heavy (non-hydrogen) atoms. The van der Waals surface area contributed by atoms with Gasteiger partial charge in [-0.05, 0) is 44.0 Å². The van der Waals surface area contributed by atoms with Crippen molar-refractivity contribution in [2.45, 2.75) is 43.6 Å². The minimum Gasteiger partial charge on any atom is -0.385 e. The first-order valence-corrected chi connectivity index (χ1v) is 9.05. The molecule has 0 spiro atoms. The van der Waals surface area contributed by atoms with Gasteiger partial charge in [0.15, 0.2) is 0 Å². The van der Waals surface area contributed by atoms with Gasteiger partial charge in [-0.15, -0.1) is 0 Å². The molecule has 0 saturated heterocycles. The predicted molar refractivity (Wildman–Crippen MR) is 84.0 cm³/mol. The first-order chi connectivity index (χ1) is 10.1. The van der Waals surface area contributed by atoms with Crippen LogP contribution in [0.5, 0.6) is 0 Å². The molecule has 2 rings (SSSR count). The van der Waals surface area contributed by atoms with E-state index in [0.29, 0.717) is 19.3 Å². The molecule has 2 N–H and O–H groups in total. The highest BCUT2D eigenvalue weighted by Gasteiger charge is 2.16. The molecule has 0 atom stereocenters. The number of ether oxygens (including phenoxy) is 1. The maximum atomic E-state index is 12.1. The van der Waals surface area contributed by atoms with Crippen LogP contribution in [-0.4, -0.2) is 34.2 Å². The smallest absolute Gasteiger partial charge is 0.240 e. The average molecular weight is 312 g/mol. The van der Waals surface area contributed by atoms with Crippen molar-refractivity contribution in [3.05, 3.63) is 24.3 Å². The molecular weight excluding hydrogens is 288 g/mol. The van der Waals surface area contributed by atoms with Gasteiger partial charge in [-0.3, -0.25) is 0 Å². The lowest BCUT2D eigenvalue weighted by Gasteiger charge is -2.12. The van der Waals surface area contributed by atoms with Crippen molar-refractivity contribution in [2.75, 3.05) is 25.0 Å². The molecule has 0 aromatic heterocycles. The predicted octanol–water partition coefficient (Wildman–Crippen LogP) is 2.36. The number of anilines is 1. The van der Waals surface area contributed by atoms with E-state index < -0.39 is 10.0 Å². The van der Waals surface area contributed by atoms with E-state index in [1.807, 2.05) is 6.92 Å². The van der Waals surface area contributed by atoms with E-state index in [-0.39, 0.29) is 4.90 Å². The SMILES string of the molecule is CCNc1ccc(S(=O)(=O)NCCOC2CCCC2)cc1. The molecule has 0 amide bonds. The fraction of sp³-hybridized carbons (Fsp3) is 0.600. The summed E-state index contributed by atoms with van der Waals surface area (Å²) in [6, 6.07) is 6.76. The number of hydrogen-bond acceptors (Lipinski definition) is 4. The first-order valence-electron chi connectivity index (χ1n) is 7.57. The Morgan fingerprint density at radius 3 is 2.48 bits per heavy atom. The van der Waals surface area contributed by atoms with Gasteiger partial charge < -0.3 is 10.1 Å². The molecule has 0 heterocycles. The molecule has 1 fully saturated rings. The van der Waals surface area contributed by atoms with Crippen LogP contribution in [0.4, 0.5) is 5.69 Å². The lowest BCUT2D eigenvalue weighted by Crippen LogP contribution is -2.28. The number of hydrogen-bond donors (Lipinski definition) is 2. The van der Waals surface area contributed by atoms with Crippen molar-refractivity contribution in [3.63, 3.8) is 0 Å². The van der Waals surface area contributed by atoms with Gasteiger partial charge >= 0.3 is 0 Å². The normalized spacial score (nSPS) is 16.2. The van der Waals surface area contributed by atoms with Gasteiger partial charge in [-0.1, -0.05) is 12.8 Å². The third-order valence-corrected chi connectivity index (χ3v) is 5.07. The van der Waals surface area contributed by atoms with Gasteiger partial charge in [-0.25, -0.2) is 13.1 Å². The Bertz CT molecular complexity index is 522. The maximum Gasteiger partial charge on any atom is 0.240 e. The molecule has 1 aromatic carbocycles. The quantitative estimate of drug-likeness (QED) is 0.723. The molecule has 0 bridgehead atoms. The van der Waals surface area contributed by atoms with Crippen LogP contribution in [0.25, 0.3) is 0 Å². The van der Waals surface area contributed by atoms with Gasteiger partial charge in [0.25, 0.3) is 0 Å². The highest BCUT2D eigenvalue weighted by Crippen LogP contribution is 2.20. The zero-order valence-corrected chi connectivity index (χ0v) is 13.3. The topological polar surface area (TPSA) is 67.4 Å². The lowest BCUT2D eigenvalue weighted by molar-refractivity contribution is 0.0626. The Labute approximate surface area is 127 Å². The van der Waals surface area contributed by atoms with E-state index >= 15 is 0 Å². The van der Waals surface area contributed by atoms with Crippen molar-refractivity contribution in [2.24, 2.45) is 0 Å². The lowest BCUT2D eigenvalue weighted by atomic mass is 10.3. The number of rotatable bonds is 8. The van der Waals surface area contributed by atoms with Crippen molar-refractivity contribution in [3.8, 4) is 0 Å². The molecule has 6 heteroatoms. The monoisotopic (exact) mass is 312 g/mol. The van der Waals surface area contributed by atoms with Crippen LogP contribution >= 0.6 is 0 Å². The third-order valence-electron chi connectivity index (χ3n) is 3.60. The fourth-order valence-electron chi connectivity index (χ4n) is 2.50. The highest BCUT2D eigenvalue weighted by molar-refractivity contribution is 7.89. The summed E-state index contributed by atoms with van der Waals surface area (Å²) >= 11 is 0. The molecule has 118 valence electrons. The largest absolute Gasteiger partial charge is 0.385 e. The minimum atomic E-state index is -3.45. The highest BCUT2D eigenvalue weighted by atomic mass is 32.2. The second kappa shape index (κ2) is 7.77. The van der Waals surface area contributed by atoms with Crippen molar-refractivity contribution < 1.29 is 13.2 Å². The molecule has 1 aliphatic rings. The van der Waals surface area contributed by atoms with Gasteiger partial charge in [0.1, 0.15) is 0 Å². The Morgan fingerprint density at radius 2 is 1.86 bits per heavy atom. The molecule has 0 unspecified atom stereocenters. The second-order valence-electron chi connectivity index (χ2n) is 5.23. The summed E-state index contributed by atoms with van der Waals surface area (Å²) in [4.78, 5) is 0.282. The Kier molecular flexibility index (Phi) is 6.02. The van der Waals surface area contributed by atoms with E-state index in [1.54, 1.807) is 24.3 Å². The maximum absolute atomic E-state index is 12.1. The van der Waals surface area contributed by atoms with Crippen LogP contribution in [0.3, 0.4) is 0 Å². The molecule has 5 nitrogen and oxygen atoms in total. The van der Waals surface area contributed by atoms with Crippen LogP contribution in [0.1, 0.15) is 32.6 Å². The third kappa shape index (κ3) is 4.98. The van der Waals surface area contributed by atoms with Crippen molar-refractivity contribution >= 4 is 15.7 Å². The first kappa shape index (κ1) is 16.3. The molecule has 1 aliphatic carbocycles. The van der Waals surface area contributed by atoms with E-state index in [0.717, 1.165) is 25.1 Å². The van der Waals surface area contributed by atoms with Crippen LogP contribution in [0.2, 0.25) is 0 Å². The zero-order chi connectivity index (χ0) is 15.1. The van der Waals surface area contributed by atoms with Crippen molar-refractivity contribution in [1.29, 1.82) is 0 Å². The summed E-state index contributed by atoms with van der Waals surface area (Å²) in [7, 11) is -3.45. The van der Waals surface area contributed by atoms with Gasteiger partial charge in [0.2, 0.25) is 10.0 Å². The summed E-state index contributed by atoms with van der Waals surface area (Å²) in [5.74, 6) is 0. The summed E-state index contributed by atoms with van der Waals surface area (Å²) in [6.07, 6.45) is 4.94. The van der Waals surface area contributed by atoms with Gasteiger partial charge in [-0.2, -0.15) is 0 Å². The van der Waals surface area contributed by atoms with E-state index in [9.17, 15) is 8.42 Å². The fourth-order valence-corrected chi connectivity index (χ4v) is 3.51. The van der Waals surface area contributed by atoms with E-state index in [1.165, 1.54) is 12.8 Å². The molecular formula is C15H24N2O3S. The van der Waals surface area contributed by atoms with Crippen LogP contribution in [-0.2, 0) is 14.8 Å². The minimum absolute atomic E-state index is 0.282. The van der Waals surface area contributed by atoms with Gasteiger partial charge in [0, 0.05) is 18.8 Å². The summed E-state index contributed by atoms with van der Waals surface area (Å²) < 4.78 is 32.4. The Balaban J connectivity index is 1.80. The summed E-state index contributed by atoms with van der Waals surface area (Å²) in [6.45, 7) is 3.55. The standard InChI is InChI=1S/C15H24N2O3S/c1-2-16-13-7-9-15(10-8-13)21(18,19)17-11-12-20-14-5-3-4-6-14/h7-10,14,16-17H,2-6,11-12H2,1H3. The van der Waals surface area contributed by atoms with Gasteiger partial charge in [0.05, 0.1) is 17.6 Å². The number of nitrogens with one attached hydrogen (secondary N) is 2. The van der Waals surface area contributed by atoms with Crippen LogP contribution in [0.15, 0.2) is 29.2 Å². The van der Waals surface area contributed by atoms with E-state index in [2.05, 4.69) is 10.0 Å². The second-order valence-corrected chi connectivity index (χ2v) is 7.00. The molecule has 1 aromatic rings. The summed E-state index contributed by atoms with van der Waals surface area (Å²) in [5, 5.41) is 3.13. The molecule has 0 radical (unpaired) electrons. The van der Waals surface area contributed by atoms with E-state index in [4.69, 9.17) is 4.74 Å². The number of sulfonamides is 1. The number of benzene rings is 1. The molecule has 1 saturated carbocycles. The Morgan fingerprint density at radius 1 is 1.19 bits per heavy atom.